The van der Waals surface area contributed by atoms with Gasteiger partial charge in [0, 0.05) is 35.7 Å². The summed E-state index contributed by atoms with van der Waals surface area (Å²) in [5.41, 5.74) is -2.34. The normalized spacial score (nSPS) is 25.2. The Balaban J connectivity index is 1.99. The van der Waals surface area contributed by atoms with Gasteiger partial charge in [-0.25, -0.2) is 18.4 Å². The first-order chi connectivity index (χ1) is 14.7. The smallest absolute Gasteiger partial charge is 0.417 e. The maximum absolute atomic E-state index is 13.7. The van der Waals surface area contributed by atoms with E-state index in [9.17, 15) is 26.6 Å². The molecular weight excluding hydrogens is 454 g/mol. The highest BCUT2D eigenvalue weighted by Crippen LogP contribution is 2.51. The number of pyridine rings is 1. The van der Waals surface area contributed by atoms with E-state index in [0.717, 1.165) is 25.3 Å². The first kappa shape index (κ1) is 23.9. The number of nitrogens with zero attached hydrogens (tertiary/aromatic N) is 1. The van der Waals surface area contributed by atoms with Gasteiger partial charge in [0.15, 0.2) is 5.60 Å². The van der Waals surface area contributed by atoms with Crippen molar-refractivity contribution >= 4 is 21.3 Å². The number of rotatable bonds is 5. The molecule has 2 heterocycles. The Morgan fingerprint density at radius 3 is 2.62 bits per heavy atom. The molecule has 1 aliphatic heterocycles. The summed E-state index contributed by atoms with van der Waals surface area (Å²) in [6, 6.07) is 5.91. The number of carbonyl (C=O) groups excluding carboxylic acids is 1. The zero-order valence-corrected chi connectivity index (χ0v) is 18.1. The molecule has 12 heteroatoms. The molecule has 4 atom stereocenters. The Morgan fingerprint density at radius 2 is 2.03 bits per heavy atom. The highest BCUT2D eigenvalue weighted by atomic mass is 32.2. The molecule has 1 saturated heterocycles. The lowest BCUT2D eigenvalue weighted by molar-refractivity contribution is -0.261. The molecule has 2 aromatic rings. The Bertz CT molecular complexity index is 1140. The lowest BCUT2D eigenvalue weighted by atomic mass is 9.86. The molecule has 1 amide bonds. The van der Waals surface area contributed by atoms with Gasteiger partial charge in [-0.1, -0.05) is 6.07 Å². The zero-order chi connectivity index (χ0) is 23.9. The molecule has 1 aromatic carbocycles. The van der Waals surface area contributed by atoms with Gasteiger partial charge in [0.1, 0.15) is 22.7 Å². The molecule has 1 fully saturated rings. The summed E-state index contributed by atoms with van der Waals surface area (Å²) in [6.07, 6.45) is -4.57. The van der Waals surface area contributed by atoms with Crippen LogP contribution in [0.4, 0.5) is 23.2 Å². The van der Waals surface area contributed by atoms with E-state index in [1.54, 1.807) is 0 Å². The molecule has 0 radical (unpaired) electrons. The van der Waals surface area contributed by atoms with Crippen LogP contribution >= 0.6 is 0 Å². The molecular formula is C20H21F4N3O4S. The molecule has 1 unspecified atom stereocenters. The summed E-state index contributed by atoms with van der Waals surface area (Å²) in [6.45, 7) is 0.847. The topological polar surface area (TPSA) is 101 Å². The monoisotopic (exact) mass is 475 g/mol. The van der Waals surface area contributed by atoms with E-state index in [1.807, 2.05) is 0 Å². The van der Waals surface area contributed by atoms with E-state index in [-0.39, 0.29) is 22.0 Å². The van der Waals surface area contributed by atoms with Crippen molar-refractivity contribution in [1.82, 2.24) is 4.98 Å². The first-order valence-electron chi connectivity index (χ1n) is 9.34. The van der Waals surface area contributed by atoms with Crippen molar-refractivity contribution in [3.8, 4) is 5.75 Å². The molecule has 1 aromatic heterocycles. The van der Waals surface area contributed by atoms with Gasteiger partial charge in [-0.05, 0) is 31.5 Å². The van der Waals surface area contributed by atoms with Gasteiger partial charge in [0.05, 0.1) is 16.8 Å². The maximum atomic E-state index is 13.7. The average molecular weight is 475 g/mol. The summed E-state index contributed by atoms with van der Waals surface area (Å²) in [4.78, 5) is 16.8. The minimum absolute atomic E-state index is 0.00560. The first-order valence-corrected chi connectivity index (χ1v) is 11.3. The summed E-state index contributed by atoms with van der Waals surface area (Å²) in [5, 5.41) is 2.34. The molecule has 0 saturated carbocycles. The SMILES string of the molecule is COc1cc(F)ccc1[C@@H]1C[C@](C)(C(F)(F)F)O[C@H]1C(=O)Nc1ccnc(S(C)(=N)=O)c1. The summed E-state index contributed by atoms with van der Waals surface area (Å²) >= 11 is 0. The second-order valence-electron chi connectivity index (χ2n) is 7.68. The van der Waals surface area contributed by atoms with Gasteiger partial charge >= 0.3 is 6.18 Å². The molecule has 0 bridgehead atoms. The summed E-state index contributed by atoms with van der Waals surface area (Å²) in [7, 11) is -1.94. The van der Waals surface area contributed by atoms with E-state index in [4.69, 9.17) is 14.3 Å². The third-order valence-electron chi connectivity index (χ3n) is 5.22. The number of aromatic nitrogens is 1. The van der Waals surface area contributed by atoms with Crippen molar-refractivity contribution in [3.63, 3.8) is 0 Å². The number of hydrogen-bond donors (Lipinski definition) is 2. The molecule has 3 rings (SSSR count). The average Bonchev–Trinajstić information content (AvgIpc) is 3.06. The number of anilines is 1. The van der Waals surface area contributed by atoms with Crippen molar-refractivity contribution in [2.45, 2.75) is 42.2 Å². The van der Waals surface area contributed by atoms with Crippen molar-refractivity contribution in [1.29, 1.82) is 4.78 Å². The number of amides is 1. The quantitative estimate of drug-likeness (QED) is 0.635. The van der Waals surface area contributed by atoms with E-state index in [0.29, 0.717) is 0 Å². The Morgan fingerprint density at radius 1 is 1.34 bits per heavy atom. The predicted octanol–water partition coefficient (Wildman–Crippen LogP) is 4.10. The molecule has 32 heavy (non-hydrogen) atoms. The second kappa shape index (κ2) is 8.32. The lowest BCUT2D eigenvalue weighted by Gasteiger charge is -2.27. The van der Waals surface area contributed by atoms with Crippen LogP contribution in [0.3, 0.4) is 0 Å². The van der Waals surface area contributed by atoms with E-state index in [1.165, 1.54) is 31.5 Å². The van der Waals surface area contributed by atoms with Crippen molar-refractivity contribution in [3.05, 3.63) is 47.9 Å². The molecule has 0 aliphatic carbocycles. The highest BCUT2D eigenvalue weighted by Gasteiger charge is 2.61. The van der Waals surface area contributed by atoms with Crippen LogP contribution in [0.5, 0.6) is 5.75 Å². The van der Waals surface area contributed by atoms with Crippen LogP contribution < -0.4 is 10.1 Å². The Hall–Kier alpha value is -2.73. The third kappa shape index (κ3) is 4.70. The highest BCUT2D eigenvalue weighted by molar-refractivity contribution is 7.91. The van der Waals surface area contributed by atoms with Crippen LogP contribution in [-0.2, 0) is 19.3 Å². The van der Waals surface area contributed by atoms with Gasteiger partial charge in [0.25, 0.3) is 5.91 Å². The minimum Gasteiger partial charge on any atom is -0.496 e. The number of methoxy groups -OCH3 is 1. The summed E-state index contributed by atoms with van der Waals surface area (Å²) in [5.74, 6) is -2.63. The van der Waals surface area contributed by atoms with Crippen LogP contribution in [0, 0.1) is 10.6 Å². The number of alkyl halides is 3. The molecule has 2 N–H and O–H groups in total. The van der Waals surface area contributed by atoms with Gasteiger partial charge in [0.2, 0.25) is 0 Å². The molecule has 0 spiro atoms. The number of ether oxygens (including phenoxy) is 2. The molecule has 7 nitrogen and oxygen atoms in total. The fourth-order valence-electron chi connectivity index (χ4n) is 3.53. The fourth-order valence-corrected chi connectivity index (χ4v) is 4.15. The Labute approximate surface area is 182 Å². The second-order valence-corrected chi connectivity index (χ2v) is 9.79. The number of benzene rings is 1. The van der Waals surface area contributed by atoms with Crippen LogP contribution in [0.1, 0.15) is 24.8 Å². The largest absolute Gasteiger partial charge is 0.496 e. The number of carbonyl (C=O) groups is 1. The van der Waals surface area contributed by atoms with Gasteiger partial charge in [-0.2, -0.15) is 13.2 Å². The van der Waals surface area contributed by atoms with Crippen LogP contribution in [0.25, 0.3) is 0 Å². The summed E-state index contributed by atoms with van der Waals surface area (Å²) < 4.78 is 84.7. The van der Waals surface area contributed by atoms with Crippen molar-refractivity contribution in [2.75, 3.05) is 18.7 Å². The minimum atomic E-state index is -4.77. The third-order valence-corrected chi connectivity index (χ3v) is 6.24. The fraction of sp³-hybridized carbons (Fsp3) is 0.400. The van der Waals surface area contributed by atoms with Crippen LogP contribution in [-0.4, -0.2) is 46.3 Å². The molecule has 174 valence electrons. The zero-order valence-electron chi connectivity index (χ0n) is 17.3. The molecule has 1 aliphatic rings. The predicted molar refractivity (Wildman–Crippen MR) is 108 cm³/mol. The van der Waals surface area contributed by atoms with Crippen LogP contribution in [0.15, 0.2) is 41.6 Å². The van der Waals surface area contributed by atoms with E-state index in [2.05, 4.69) is 10.3 Å². The van der Waals surface area contributed by atoms with Gasteiger partial charge in [-0.3, -0.25) is 4.79 Å². The van der Waals surface area contributed by atoms with Gasteiger partial charge in [-0.15, -0.1) is 0 Å². The number of hydrogen-bond acceptors (Lipinski definition) is 6. The van der Waals surface area contributed by atoms with Gasteiger partial charge < -0.3 is 14.8 Å². The van der Waals surface area contributed by atoms with E-state index < -0.39 is 51.7 Å². The number of nitrogens with one attached hydrogen (secondary N) is 2. The number of halogens is 4. The standard InChI is InChI=1S/C20H21F4N3O4S/c1-19(20(22,23)24)10-14(13-5-4-11(21)8-15(13)30-2)17(31-19)18(28)27-12-6-7-26-16(9-12)32(3,25)29/h4-9,14,17,25H,10H2,1-3H3,(H,26,27,28)/t14-,17+,19+,32?/m0/s1. The van der Waals surface area contributed by atoms with Crippen molar-refractivity contribution < 1.29 is 36.0 Å². The maximum Gasteiger partial charge on any atom is 0.417 e. The van der Waals surface area contributed by atoms with E-state index >= 15 is 0 Å². The van der Waals surface area contributed by atoms with Crippen LogP contribution in [0.2, 0.25) is 0 Å². The lowest BCUT2D eigenvalue weighted by Crippen LogP contribution is -2.43. The Kier molecular flexibility index (Phi) is 6.22. The van der Waals surface area contributed by atoms with Crippen molar-refractivity contribution in [2.24, 2.45) is 0 Å².